The first-order valence-corrected chi connectivity index (χ1v) is 7.12. The number of benzene rings is 1. The van der Waals surface area contributed by atoms with E-state index in [4.69, 9.17) is 5.26 Å². The standard InChI is InChI=1S/C17H26N2/c1-6-16(11-18)12-19(5)8-7-17-14(3)9-13(2)10-15(17)4/h9-10,16H,6-8,12H2,1-5H3. The molecule has 0 aromatic heterocycles. The third-order valence-electron chi connectivity index (χ3n) is 3.79. The minimum absolute atomic E-state index is 0.158. The van der Waals surface area contributed by atoms with E-state index in [9.17, 15) is 0 Å². The van der Waals surface area contributed by atoms with E-state index in [-0.39, 0.29) is 5.92 Å². The third kappa shape index (κ3) is 4.69. The van der Waals surface area contributed by atoms with E-state index in [1.165, 1.54) is 22.3 Å². The molecule has 0 saturated carbocycles. The second kappa shape index (κ2) is 7.31. The van der Waals surface area contributed by atoms with Crippen molar-refractivity contribution in [3.8, 4) is 6.07 Å². The van der Waals surface area contributed by atoms with E-state index >= 15 is 0 Å². The molecular weight excluding hydrogens is 232 g/mol. The Kier molecular flexibility index (Phi) is 6.05. The van der Waals surface area contributed by atoms with Crippen molar-refractivity contribution in [3.63, 3.8) is 0 Å². The van der Waals surface area contributed by atoms with E-state index in [2.05, 4.69) is 57.8 Å². The van der Waals surface area contributed by atoms with Crippen molar-refractivity contribution >= 4 is 0 Å². The highest BCUT2D eigenvalue weighted by Crippen LogP contribution is 2.17. The highest BCUT2D eigenvalue weighted by Gasteiger charge is 2.10. The van der Waals surface area contributed by atoms with Crippen LogP contribution in [0, 0.1) is 38.0 Å². The summed E-state index contributed by atoms with van der Waals surface area (Å²) >= 11 is 0. The molecule has 1 unspecified atom stereocenters. The van der Waals surface area contributed by atoms with Crippen LogP contribution in [0.4, 0.5) is 0 Å². The van der Waals surface area contributed by atoms with Gasteiger partial charge in [0.1, 0.15) is 0 Å². The Bertz CT molecular complexity index is 434. The van der Waals surface area contributed by atoms with Gasteiger partial charge in [0.2, 0.25) is 0 Å². The molecule has 0 saturated heterocycles. The molecule has 0 aliphatic rings. The van der Waals surface area contributed by atoms with E-state index in [0.717, 1.165) is 25.9 Å². The lowest BCUT2D eigenvalue weighted by Crippen LogP contribution is -2.27. The van der Waals surface area contributed by atoms with E-state index in [1.54, 1.807) is 0 Å². The van der Waals surface area contributed by atoms with Crippen molar-refractivity contribution in [2.45, 2.75) is 40.5 Å². The normalized spacial score (nSPS) is 12.5. The van der Waals surface area contributed by atoms with Gasteiger partial charge in [-0.1, -0.05) is 24.6 Å². The Morgan fingerprint density at radius 3 is 2.26 bits per heavy atom. The molecule has 1 aromatic carbocycles. The molecule has 0 fully saturated rings. The summed E-state index contributed by atoms with van der Waals surface area (Å²) in [5.74, 6) is 0.158. The zero-order chi connectivity index (χ0) is 14.4. The summed E-state index contributed by atoms with van der Waals surface area (Å²) in [6.45, 7) is 10.5. The fourth-order valence-corrected chi connectivity index (χ4v) is 2.64. The number of nitriles is 1. The molecule has 0 amide bonds. The average Bonchev–Trinajstić information content (AvgIpc) is 2.34. The van der Waals surface area contributed by atoms with Gasteiger partial charge in [-0.2, -0.15) is 5.26 Å². The summed E-state index contributed by atoms with van der Waals surface area (Å²) in [4.78, 5) is 2.27. The maximum Gasteiger partial charge on any atom is 0.0669 e. The van der Waals surface area contributed by atoms with Crippen LogP contribution in [0.25, 0.3) is 0 Å². The van der Waals surface area contributed by atoms with E-state index in [1.807, 2.05) is 0 Å². The van der Waals surface area contributed by atoms with Crippen LogP contribution in [0.15, 0.2) is 12.1 Å². The summed E-state index contributed by atoms with van der Waals surface area (Å²) in [5, 5.41) is 9.00. The number of aryl methyl sites for hydroxylation is 3. The minimum Gasteiger partial charge on any atom is -0.305 e. The first-order chi connectivity index (χ1) is 8.97. The fourth-order valence-electron chi connectivity index (χ4n) is 2.64. The SMILES string of the molecule is CCC(C#N)CN(C)CCc1c(C)cc(C)cc1C. The quantitative estimate of drug-likeness (QED) is 0.779. The summed E-state index contributed by atoms with van der Waals surface area (Å²) in [5.41, 5.74) is 5.57. The lowest BCUT2D eigenvalue weighted by molar-refractivity contribution is 0.303. The lowest BCUT2D eigenvalue weighted by Gasteiger charge is -2.20. The van der Waals surface area contributed by atoms with Gasteiger partial charge in [0.15, 0.2) is 0 Å². The Hall–Kier alpha value is -1.33. The number of nitrogens with zero attached hydrogens (tertiary/aromatic N) is 2. The maximum atomic E-state index is 9.00. The molecule has 0 radical (unpaired) electrons. The molecule has 2 nitrogen and oxygen atoms in total. The van der Waals surface area contributed by atoms with Crippen LogP contribution in [-0.4, -0.2) is 25.0 Å². The molecule has 0 spiro atoms. The summed E-state index contributed by atoms with van der Waals surface area (Å²) < 4.78 is 0. The number of hydrogen-bond donors (Lipinski definition) is 0. The van der Waals surface area contributed by atoms with Crippen LogP contribution in [0.5, 0.6) is 0 Å². The fraction of sp³-hybridized carbons (Fsp3) is 0.588. The molecule has 1 aromatic rings. The van der Waals surface area contributed by atoms with E-state index in [0.29, 0.717) is 0 Å². The molecule has 1 rings (SSSR count). The lowest BCUT2D eigenvalue weighted by atomic mass is 9.97. The first kappa shape index (κ1) is 15.7. The van der Waals surface area contributed by atoms with Gasteiger partial charge in [-0.15, -0.1) is 0 Å². The van der Waals surface area contributed by atoms with Gasteiger partial charge in [-0.25, -0.2) is 0 Å². The molecule has 2 heteroatoms. The molecule has 0 aliphatic carbocycles. The third-order valence-corrected chi connectivity index (χ3v) is 3.79. The van der Waals surface area contributed by atoms with Gasteiger partial charge in [0.25, 0.3) is 0 Å². The highest BCUT2D eigenvalue weighted by molar-refractivity contribution is 5.37. The van der Waals surface area contributed by atoms with Crippen molar-refractivity contribution in [1.29, 1.82) is 5.26 Å². The number of rotatable bonds is 6. The number of hydrogen-bond acceptors (Lipinski definition) is 2. The molecule has 104 valence electrons. The predicted octanol–water partition coefficient (Wildman–Crippen LogP) is 3.64. The van der Waals surface area contributed by atoms with E-state index < -0.39 is 0 Å². The molecule has 0 bridgehead atoms. The van der Waals surface area contributed by atoms with Crippen LogP contribution in [0.1, 0.15) is 35.6 Å². The van der Waals surface area contributed by atoms with Gasteiger partial charge in [0, 0.05) is 13.1 Å². The van der Waals surface area contributed by atoms with Crippen LogP contribution in [0.2, 0.25) is 0 Å². The summed E-state index contributed by atoms with van der Waals surface area (Å²) in [7, 11) is 2.11. The van der Waals surface area contributed by atoms with Crippen LogP contribution in [0.3, 0.4) is 0 Å². The van der Waals surface area contributed by atoms with Gasteiger partial charge in [-0.3, -0.25) is 0 Å². The Balaban J connectivity index is 2.60. The Morgan fingerprint density at radius 2 is 1.79 bits per heavy atom. The zero-order valence-corrected chi connectivity index (χ0v) is 13.0. The second-order valence-electron chi connectivity index (χ2n) is 5.62. The minimum atomic E-state index is 0.158. The molecule has 0 aliphatic heterocycles. The molecule has 0 heterocycles. The van der Waals surface area contributed by atoms with Crippen molar-refractivity contribution in [3.05, 3.63) is 34.4 Å². The van der Waals surface area contributed by atoms with Gasteiger partial charge >= 0.3 is 0 Å². The smallest absolute Gasteiger partial charge is 0.0669 e. The van der Waals surface area contributed by atoms with Crippen LogP contribution >= 0.6 is 0 Å². The largest absolute Gasteiger partial charge is 0.305 e. The van der Waals surface area contributed by atoms with Gasteiger partial charge < -0.3 is 4.90 Å². The summed E-state index contributed by atoms with van der Waals surface area (Å²) in [6, 6.07) is 6.88. The van der Waals surface area contributed by atoms with Gasteiger partial charge in [0.05, 0.1) is 12.0 Å². The van der Waals surface area contributed by atoms with Crippen molar-refractivity contribution in [2.75, 3.05) is 20.1 Å². The molecule has 19 heavy (non-hydrogen) atoms. The topological polar surface area (TPSA) is 27.0 Å². The molecule has 1 atom stereocenters. The maximum absolute atomic E-state index is 9.00. The Morgan fingerprint density at radius 1 is 1.21 bits per heavy atom. The van der Waals surface area contributed by atoms with Crippen molar-refractivity contribution in [1.82, 2.24) is 4.90 Å². The Labute approximate surface area is 118 Å². The summed E-state index contributed by atoms with van der Waals surface area (Å²) in [6.07, 6.45) is 2.00. The van der Waals surface area contributed by atoms with Crippen LogP contribution < -0.4 is 0 Å². The van der Waals surface area contributed by atoms with Crippen molar-refractivity contribution < 1.29 is 0 Å². The first-order valence-electron chi connectivity index (χ1n) is 7.12. The van der Waals surface area contributed by atoms with Gasteiger partial charge in [-0.05, 0) is 57.4 Å². The molecular formula is C17H26N2. The molecule has 0 N–H and O–H groups in total. The highest BCUT2D eigenvalue weighted by atomic mass is 15.1. The van der Waals surface area contributed by atoms with Crippen LogP contribution in [-0.2, 0) is 6.42 Å². The second-order valence-corrected chi connectivity index (χ2v) is 5.62. The van der Waals surface area contributed by atoms with Crippen molar-refractivity contribution in [2.24, 2.45) is 5.92 Å². The predicted molar refractivity (Wildman–Crippen MR) is 81.2 cm³/mol. The average molecular weight is 258 g/mol. The zero-order valence-electron chi connectivity index (χ0n) is 13.0. The monoisotopic (exact) mass is 258 g/mol. The number of likely N-dealkylation sites (N-methyl/N-ethyl adjacent to an activating group) is 1.